The molecule has 0 aliphatic rings. The quantitative estimate of drug-likeness (QED) is 0.701. The largest absolute Gasteiger partial charge is 0.476 e. The molecule has 1 N–H and O–H groups in total. The number of halogens is 2. The molecule has 3 aromatic rings. The topological polar surface area (TPSA) is 79.3 Å². The Hall–Kier alpha value is -2.44. The molecule has 0 unspecified atom stereocenters. The molecule has 0 fully saturated rings. The van der Waals surface area contributed by atoms with Crippen LogP contribution in [-0.4, -0.2) is 20.5 Å². The van der Waals surface area contributed by atoms with Gasteiger partial charge in [0.15, 0.2) is 11.5 Å². The van der Waals surface area contributed by atoms with E-state index in [4.69, 9.17) is 23.2 Å². The second-order valence-corrected chi connectivity index (χ2v) is 5.22. The zero-order chi connectivity index (χ0) is 15.7. The van der Waals surface area contributed by atoms with Crippen LogP contribution in [0.2, 0.25) is 10.0 Å². The summed E-state index contributed by atoms with van der Waals surface area (Å²) in [5.41, 5.74) is 0.709. The van der Waals surface area contributed by atoms with Crippen molar-refractivity contribution in [3.8, 4) is 0 Å². The fourth-order valence-electron chi connectivity index (χ4n) is 1.92. The molecule has 110 valence electrons. The Bertz CT molecular complexity index is 885. The highest BCUT2D eigenvalue weighted by atomic mass is 35.5. The molecule has 6 nitrogen and oxygen atoms in total. The normalized spacial score (nSPS) is 11.4. The number of imidazole rings is 1. The lowest BCUT2D eigenvalue weighted by molar-refractivity contribution is 0.0692. The van der Waals surface area contributed by atoms with Gasteiger partial charge in [0.2, 0.25) is 0 Å². The lowest BCUT2D eigenvalue weighted by Gasteiger charge is -1.97. The van der Waals surface area contributed by atoms with Gasteiger partial charge in [-0.05, 0) is 30.3 Å². The smallest absolute Gasteiger partial charge is 0.358 e. The molecule has 0 radical (unpaired) electrons. The van der Waals surface area contributed by atoms with Gasteiger partial charge in [-0.25, -0.2) is 9.78 Å². The number of benzene rings is 1. The Kier molecular flexibility index (Phi) is 3.79. The number of aromatic nitrogens is 2. The fourth-order valence-corrected chi connectivity index (χ4v) is 2.44. The minimum absolute atomic E-state index is 0.124. The summed E-state index contributed by atoms with van der Waals surface area (Å²) in [6, 6.07) is 9.89. The Morgan fingerprint density at radius 3 is 2.55 bits per heavy atom. The SMILES string of the molecule is O=C(O)c1nc2ccccn2c1N=Nc1cc(Cl)cc(Cl)c1. The maximum Gasteiger partial charge on any atom is 0.358 e. The number of hydrogen-bond acceptors (Lipinski definition) is 4. The first-order chi connectivity index (χ1) is 10.5. The van der Waals surface area contributed by atoms with Crippen LogP contribution in [0.3, 0.4) is 0 Å². The minimum atomic E-state index is -1.18. The average Bonchev–Trinajstić information content (AvgIpc) is 2.83. The van der Waals surface area contributed by atoms with Crippen LogP contribution in [0.5, 0.6) is 0 Å². The highest BCUT2D eigenvalue weighted by Crippen LogP contribution is 2.28. The Balaban J connectivity index is 2.11. The van der Waals surface area contributed by atoms with Crippen LogP contribution < -0.4 is 0 Å². The van der Waals surface area contributed by atoms with Crippen molar-refractivity contribution < 1.29 is 9.90 Å². The molecule has 0 aliphatic heterocycles. The van der Waals surface area contributed by atoms with Gasteiger partial charge in [-0.1, -0.05) is 29.3 Å². The highest BCUT2D eigenvalue weighted by Gasteiger charge is 2.17. The van der Waals surface area contributed by atoms with Gasteiger partial charge in [0.25, 0.3) is 0 Å². The zero-order valence-electron chi connectivity index (χ0n) is 10.9. The van der Waals surface area contributed by atoms with E-state index in [-0.39, 0.29) is 11.5 Å². The van der Waals surface area contributed by atoms with Crippen LogP contribution >= 0.6 is 23.2 Å². The van der Waals surface area contributed by atoms with Crippen molar-refractivity contribution in [1.29, 1.82) is 0 Å². The molecule has 0 saturated heterocycles. The summed E-state index contributed by atoms with van der Waals surface area (Å²) in [5.74, 6) is -1.05. The van der Waals surface area contributed by atoms with Crippen molar-refractivity contribution in [2.24, 2.45) is 10.2 Å². The van der Waals surface area contributed by atoms with Gasteiger partial charge in [0, 0.05) is 16.2 Å². The molecular weight excluding hydrogens is 327 g/mol. The molecule has 0 spiro atoms. The van der Waals surface area contributed by atoms with E-state index in [0.29, 0.717) is 21.4 Å². The van der Waals surface area contributed by atoms with Gasteiger partial charge in [0.1, 0.15) is 5.65 Å². The van der Waals surface area contributed by atoms with Crippen molar-refractivity contribution in [1.82, 2.24) is 9.38 Å². The minimum Gasteiger partial charge on any atom is -0.476 e. The number of carboxylic acid groups (broad SMARTS) is 1. The Morgan fingerprint density at radius 2 is 1.86 bits per heavy atom. The van der Waals surface area contributed by atoms with Crippen LogP contribution in [-0.2, 0) is 0 Å². The Labute approximate surface area is 134 Å². The van der Waals surface area contributed by atoms with Crippen LogP contribution in [0.1, 0.15) is 10.5 Å². The number of nitrogens with zero attached hydrogens (tertiary/aromatic N) is 4. The van der Waals surface area contributed by atoms with Crippen LogP contribution in [0.15, 0.2) is 52.8 Å². The van der Waals surface area contributed by atoms with Crippen molar-refractivity contribution in [2.45, 2.75) is 0 Å². The van der Waals surface area contributed by atoms with Crippen molar-refractivity contribution in [3.05, 3.63) is 58.3 Å². The summed E-state index contributed by atoms with van der Waals surface area (Å²) in [6.45, 7) is 0. The molecule has 0 amide bonds. The average molecular weight is 335 g/mol. The summed E-state index contributed by atoms with van der Waals surface area (Å²) in [5, 5.41) is 18.1. The molecule has 2 heterocycles. The first kappa shape index (κ1) is 14.5. The van der Waals surface area contributed by atoms with E-state index in [9.17, 15) is 9.90 Å². The first-order valence-corrected chi connectivity index (χ1v) is 6.88. The predicted molar refractivity (Wildman–Crippen MR) is 82.8 cm³/mol. The van der Waals surface area contributed by atoms with E-state index >= 15 is 0 Å². The second kappa shape index (κ2) is 5.75. The molecular formula is C14H8Cl2N4O2. The fraction of sp³-hybridized carbons (Fsp3) is 0. The first-order valence-electron chi connectivity index (χ1n) is 6.13. The molecule has 2 aromatic heterocycles. The monoisotopic (exact) mass is 334 g/mol. The van der Waals surface area contributed by atoms with Crippen molar-refractivity contribution in [3.63, 3.8) is 0 Å². The molecule has 0 bridgehead atoms. The van der Waals surface area contributed by atoms with E-state index in [1.54, 1.807) is 47.0 Å². The summed E-state index contributed by atoms with van der Waals surface area (Å²) in [4.78, 5) is 15.3. The number of aromatic carboxylic acids is 1. The van der Waals surface area contributed by atoms with Gasteiger partial charge in [0.05, 0.1) is 5.69 Å². The molecule has 0 aliphatic carbocycles. The number of hydrogen-bond donors (Lipinski definition) is 1. The van der Waals surface area contributed by atoms with Gasteiger partial charge in [-0.3, -0.25) is 4.40 Å². The van der Waals surface area contributed by atoms with Crippen molar-refractivity contribution in [2.75, 3.05) is 0 Å². The van der Waals surface area contributed by atoms with E-state index in [0.717, 1.165) is 0 Å². The number of fused-ring (bicyclic) bond motifs is 1. The van der Waals surface area contributed by atoms with Gasteiger partial charge in [-0.2, -0.15) is 0 Å². The number of pyridine rings is 1. The second-order valence-electron chi connectivity index (χ2n) is 4.35. The van der Waals surface area contributed by atoms with Gasteiger partial charge >= 0.3 is 5.97 Å². The molecule has 8 heteroatoms. The third-order valence-corrected chi connectivity index (χ3v) is 3.25. The van der Waals surface area contributed by atoms with E-state index < -0.39 is 5.97 Å². The lowest BCUT2D eigenvalue weighted by atomic mass is 10.3. The van der Waals surface area contributed by atoms with Crippen LogP contribution in [0.4, 0.5) is 11.5 Å². The molecule has 0 atom stereocenters. The predicted octanol–water partition coefficient (Wildman–Crippen LogP) is 4.75. The third kappa shape index (κ3) is 2.79. The standard InChI is InChI=1S/C14H8Cl2N4O2/c15-8-5-9(16)7-10(6-8)18-19-13-12(14(21)22)17-11-3-1-2-4-20(11)13/h1-7H,(H,21,22). The van der Waals surface area contributed by atoms with Crippen LogP contribution in [0.25, 0.3) is 5.65 Å². The van der Waals surface area contributed by atoms with Gasteiger partial charge in [-0.15, -0.1) is 10.2 Å². The molecule has 3 rings (SSSR count). The number of azo groups is 1. The number of rotatable bonds is 3. The van der Waals surface area contributed by atoms with E-state index in [1.165, 1.54) is 0 Å². The third-order valence-electron chi connectivity index (χ3n) is 2.81. The number of carboxylic acids is 1. The van der Waals surface area contributed by atoms with E-state index in [2.05, 4.69) is 15.2 Å². The maximum absolute atomic E-state index is 11.3. The maximum atomic E-state index is 11.3. The van der Waals surface area contributed by atoms with Crippen molar-refractivity contribution >= 4 is 46.3 Å². The zero-order valence-corrected chi connectivity index (χ0v) is 12.5. The lowest BCUT2D eigenvalue weighted by Crippen LogP contribution is -1.96. The number of carbonyl (C=O) groups is 1. The summed E-state index contributed by atoms with van der Waals surface area (Å²) in [7, 11) is 0. The van der Waals surface area contributed by atoms with Crippen LogP contribution in [0, 0.1) is 0 Å². The van der Waals surface area contributed by atoms with Gasteiger partial charge < -0.3 is 5.11 Å². The van der Waals surface area contributed by atoms with E-state index in [1.807, 2.05) is 0 Å². The highest BCUT2D eigenvalue weighted by molar-refractivity contribution is 6.35. The summed E-state index contributed by atoms with van der Waals surface area (Å²) >= 11 is 11.8. The summed E-state index contributed by atoms with van der Waals surface area (Å²) in [6.07, 6.45) is 1.66. The Morgan fingerprint density at radius 1 is 1.14 bits per heavy atom. The molecule has 1 aromatic carbocycles. The molecule has 22 heavy (non-hydrogen) atoms. The summed E-state index contributed by atoms with van der Waals surface area (Å²) < 4.78 is 1.54. The molecule has 0 saturated carbocycles.